The topological polar surface area (TPSA) is 16.4 Å². The van der Waals surface area contributed by atoms with Crippen molar-refractivity contribution in [3.05, 3.63) is 175 Å². The number of hydrogen-bond acceptors (Lipinski definition) is 2. The molecule has 2 heteroatoms. The van der Waals surface area contributed by atoms with Gasteiger partial charge in [0, 0.05) is 39.3 Å². The zero-order valence-corrected chi connectivity index (χ0v) is 29.6. The number of rotatable bonds is 5. The summed E-state index contributed by atoms with van der Waals surface area (Å²) in [6, 6.07) is 60.6. The summed E-state index contributed by atoms with van der Waals surface area (Å²) >= 11 is 0. The number of hydrogen-bond donors (Lipinski definition) is 0. The van der Waals surface area contributed by atoms with Crippen molar-refractivity contribution in [3.8, 4) is 33.4 Å². The Kier molecular flexibility index (Phi) is 6.20. The van der Waals surface area contributed by atoms with E-state index < -0.39 is 0 Å². The van der Waals surface area contributed by atoms with Gasteiger partial charge >= 0.3 is 0 Å². The maximum absolute atomic E-state index is 6.47. The molecular formula is C51H39NO. The molecule has 5 aliphatic carbocycles. The van der Waals surface area contributed by atoms with Gasteiger partial charge in [0.1, 0.15) is 11.2 Å². The van der Waals surface area contributed by atoms with Gasteiger partial charge in [-0.3, -0.25) is 0 Å². The summed E-state index contributed by atoms with van der Waals surface area (Å²) in [6.45, 7) is 0. The third-order valence-corrected chi connectivity index (χ3v) is 13.7. The Morgan fingerprint density at radius 1 is 0.472 bits per heavy atom. The molecule has 4 saturated carbocycles. The first-order valence-corrected chi connectivity index (χ1v) is 19.4. The van der Waals surface area contributed by atoms with E-state index in [9.17, 15) is 0 Å². The van der Waals surface area contributed by atoms with Crippen LogP contribution in [0.5, 0.6) is 0 Å². The molecule has 0 amide bonds. The van der Waals surface area contributed by atoms with Crippen molar-refractivity contribution in [3.63, 3.8) is 0 Å². The Morgan fingerprint density at radius 3 is 2.00 bits per heavy atom. The van der Waals surface area contributed by atoms with Crippen molar-refractivity contribution >= 4 is 39.0 Å². The van der Waals surface area contributed by atoms with Crippen LogP contribution in [0.4, 0.5) is 17.1 Å². The second-order valence-corrected chi connectivity index (χ2v) is 16.1. The van der Waals surface area contributed by atoms with E-state index in [4.69, 9.17) is 4.42 Å². The van der Waals surface area contributed by atoms with Crippen LogP contribution in [0.3, 0.4) is 0 Å². The van der Waals surface area contributed by atoms with E-state index in [0.29, 0.717) is 0 Å². The highest BCUT2D eigenvalue weighted by atomic mass is 16.3. The molecule has 254 valence electrons. The Hall–Kier alpha value is -5.86. The molecule has 0 aliphatic heterocycles. The smallest absolute Gasteiger partial charge is 0.137 e. The number of anilines is 3. The Bertz CT molecular complexity index is 2700. The first-order valence-electron chi connectivity index (χ1n) is 19.4. The Balaban J connectivity index is 1.08. The summed E-state index contributed by atoms with van der Waals surface area (Å²) < 4.78 is 6.47. The summed E-state index contributed by atoms with van der Waals surface area (Å²) in [6.07, 6.45) is 5.57. The highest BCUT2D eigenvalue weighted by Crippen LogP contribution is 2.73. The minimum Gasteiger partial charge on any atom is -0.456 e. The molecule has 0 N–H and O–H groups in total. The van der Waals surface area contributed by atoms with Gasteiger partial charge in [0.2, 0.25) is 0 Å². The highest BCUT2D eigenvalue weighted by molar-refractivity contribution is 6.06. The normalized spacial score (nSPS) is 23.2. The van der Waals surface area contributed by atoms with Gasteiger partial charge in [-0.15, -0.1) is 0 Å². The number of furan rings is 1. The molecule has 1 aromatic heterocycles. The van der Waals surface area contributed by atoms with Crippen LogP contribution in [0.1, 0.15) is 36.8 Å². The van der Waals surface area contributed by atoms with E-state index in [0.717, 1.165) is 57.0 Å². The van der Waals surface area contributed by atoms with Crippen LogP contribution in [0.2, 0.25) is 0 Å². The molecule has 13 rings (SSSR count). The van der Waals surface area contributed by atoms with Gasteiger partial charge in [-0.25, -0.2) is 0 Å². The maximum Gasteiger partial charge on any atom is 0.137 e. The van der Waals surface area contributed by atoms with Gasteiger partial charge in [0.15, 0.2) is 0 Å². The van der Waals surface area contributed by atoms with Crippen LogP contribution in [-0.4, -0.2) is 0 Å². The molecule has 5 aliphatic rings. The molecule has 53 heavy (non-hydrogen) atoms. The number of fused-ring (bicyclic) bond motifs is 6. The van der Waals surface area contributed by atoms with Crippen LogP contribution in [0, 0.1) is 23.7 Å². The van der Waals surface area contributed by atoms with E-state index in [1.165, 1.54) is 64.8 Å². The van der Waals surface area contributed by atoms with E-state index >= 15 is 0 Å². The predicted molar refractivity (Wildman–Crippen MR) is 218 cm³/mol. The second kappa shape index (κ2) is 11.1. The number of nitrogens with zero attached hydrogens (tertiary/aromatic N) is 1. The minimum atomic E-state index is 0.112. The lowest BCUT2D eigenvalue weighted by Gasteiger charge is -2.44. The lowest BCUT2D eigenvalue weighted by molar-refractivity contribution is 0.191. The van der Waals surface area contributed by atoms with E-state index in [2.05, 4.69) is 163 Å². The predicted octanol–water partition coefficient (Wildman–Crippen LogP) is 13.7. The van der Waals surface area contributed by atoms with Gasteiger partial charge < -0.3 is 9.32 Å². The van der Waals surface area contributed by atoms with Crippen LogP contribution in [-0.2, 0) is 5.41 Å². The zero-order chi connectivity index (χ0) is 34.7. The lowest BCUT2D eigenvalue weighted by Crippen LogP contribution is -2.40. The standard InChI is InChI=1S/C51H39NO/c1-3-10-33(11-4-1)34-18-20-38(21-19-34)52(40-22-24-43-42-14-7-8-17-48(42)53-49(43)31-40)39-23-25-45-44(30-39)50-41(35-12-5-2-6-13-35)15-9-16-46(50)51(45)37-27-32-26-36(29-37)47(51)28-32/h1-25,30-32,36-37,47H,26-29H2. The number of para-hydroxylation sites is 1. The molecular weight excluding hydrogens is 643 g/mol. The molecule has 0 saturated heterocycles. The third kappa shape index (κ3) is 4.15. The summed E-state index contributed by atoms with van der Waals surface area (Å²) in [7, 11) is 0. The summed E-state index contributed by atoms with van der Waals surface area (Å²) in [5, 5.41) is 2.30. The van der Waals surface area contributed by atoms with Crippen LogP contribution < -0.4 is 4.90 Å². The molecule has 8 aromatic rings. The molecule has 2 nitrogen and oxygen atoms in total. The zero-order valence-electron chi connectivity index (χ0n) is 29.6. The maximum atomic E-state index is 6.47. The molecule has 5 unspecified atom stereocenters. The first-order chi connectivity index (χ1) is 26.2. The van der Waals surface area contributed by atoms with Gasteiger partial charge in [-0.2, -0.15) is 0 Å². The fraction of sp³-hybridized carbons (Fsp3) is 0.176. The first kappa shape index (κ1) is 29.7. The lowest BCUT2D eigenvalue weighted by atomic mass is 9.59. The van der Waals surface area contributed by atoms with Crippen LogP contribution >= 0.6 is 0 Å². The van der Waals surface area contributed by atoms with Crippen molar-refractivity contribution in [1.82, 2.24) is 0 Å². The van der Waals surface area contributed by atoms with Crippen molar-refractivity contribution in [2.75, 3.05) is 4.90 Å². The summed E-state index contributed by atoms with van der Waals surface area (Å²) in [5.74, 6) is 3.23. The molecule has 4 bridgehead atoms. The fourth-order valence-electron chi connectivity index (χ4n) is 11.8. The molecule has 1 heterocycles. The molecule has 7 aromatic carbocycles. The van der Waals surface area contributed by atoms with Crippen LogP contribution in [0.15, 0.2) is 168 Å². The van der Waals surface area contributed by atoms with Gasteiger partial charge in [-0.1, -0.05) is 115 Å². The average molecular weight is 682 g/mol. The number of benzene rings is 7. The highest BCUT2D eigenvalue weighted by Gasteiger charge is 2.66. The van der Waals surface area contributed by atoms with Gasteiger partial charge in [-0.05, 0) is 136 Å². The van der Waals surface area contributed by atoms with E-state index in [-0.39, 0.29) is 5.41 Å². The molecule has 4 fully saturated rings. The van der Waals surface area contributed by atoms with Crippen LogP contribution in [0.25, 0.3) is 55.3 Å². The third-order valence-electron chi connectivity index (χ3n) is 13.7. The van der Waals surface area contributed by atoms with Crippen molar-refractivity contribution < 1.29 is 4.42 Å². The SMILES string of the molecule is c1ccc(-c2ccc(N(c3ccc4c(c3)-c3c(-c5ccccc5)cccc3C43C4CC5CC(C4)C3C5)c3ccc4c(c3)oc3ccccc34)cc2)cc1. The molecule has 0 radical (unpaired) electrons. The van der Waals surface area contributed by atoms with Gasteiger partial charge in [0.05, 0.1) is 0 Å². The monoisotopic (exact) mass is 681 g/mol. The molecule has 1 spiro atoms. The van der Waals surface area contributed by atoms with Crippen molar-refractivity contribution in [2.45, 2.75) is 31.1 Å². The quantitative estimate of drug-likeness (QED) is 0.180. The fourth-order valence-corrected chi connectivity index (χ4v) is 11.8. The largest absolute Gasteiger partial charge is 0.456 e. The minimum absolute atomic E-state index is 0.112. The van der Waals surface area contributed by atoms with E-state index in [1.807, 2.05) is 6.07 Å². The second-order valence-electron chi connectivity index (χ2n) is 16.1. The summed E-state index contributed by atoms with van der Waals surface area (Å²) in [5.41, 5.74) is 16.5. The molecule has 5 atom stereocenters. The Labute approximate surface area is 310 Å². The van der Waals surface area contributed by atoms with Crippen molar-refractivity contribution in [2.24, 2.45) is 23.7 Å². The average Bonchev–Trinajstić information content (AvgIpc) is 3.89. The van der Waals surface area contributed by atoms with E-state index in [1.54, 1.807) is 11.1 Å². The van der Waals surface area contributed by atoms with Gasteiger partial charge in [0.25, 0.3) is 0 Å². The van der Waals surface area contributed by atoms with Crippen molar-refractivity contribution in [1.29, 1.82) is 0 Å². The summed E-state index contributed by atoms with van der Waals surface area (Å²) in [4.78, 5) is 2.43. The Morgan fingerprint density at radius 2 is 1.17 bits per heavy atom.